The number of benzene rings is 1. The van der Waals surface area contributed by atoms with E-state index in [2.05, 4.69) is 48.2 Å². The maximum Gasteiger partial charge on any atom is 0.152 e. The second-order valence-electron chi connectivity index (χ2n) is 7.59. The fraction of sp³-hybridized carbons (Fsp3) is 0.500. The van der Waals surface area contributed by atoms with Gasteiger partial charge in [0.1, 0.15) is 29.5 Å². The van der Waals surface area contributed by atoms with Crippen LogP contribution in [-0.2, 0) is 4.74 Å². The minimum atomic E-state index is 0.508. The van der Waals surface area contributed by atoms with E-state index in [1.165, 1.54) is 12.0 Å². The Hall–Kier alpha value is -3.09. The first kappa shape index (κ1) is 21.2. The Balaban J connectivity index is 1.27. The monoisotopic (exact) mass is 423 g/mol. The normalized spacial score (nSPS) is 17.3. The van der Waals surface area contributed by atoms with Crippen molar-refractivity contribution in [3.8, 4) is 11.8 Å². The highest BCUT2D eigenvalue weighted by atomic mass is 16.5. The van der Waals surface area contributed by atoms with Crippen LogP contribution in [0.3, 0.4) is 0 Å². The second kappa shape index (κ2) is 10.3. The topological polar surface area (TPSA) is 89.8 Å². The van der Waals surface area contributed by atoms with Gasteiger partial charge in [-0.25, -0.2) is 9.97 Å². The molecule has 0 saturated carbocycles. The first-order valence-electron chi connectivity index (χ1n) is 10.7. The molecule has 4 rings (SSSR count). The molecule has 0 bridgehead atoms. The number of anilines is 3. The van der Waals surface area contributed by atoms with Crippen molar-refractivity contribution in [2.75, 3.05) is 87.8 Å². The SMILES string of the molecule is COc1ccc(N2CCN(CCNc3ncnc(N4CCOCC4)c3C#N)CC2)cc1. The average molecular weight is 424 g/mol. The molecule has 2 saturated heterocycles. The molecule has 0 aliphatic carbocycles. The molecule has 2 aliphatic heterocycles. The Morgan fingerprint density at radius 3 is 2.45 bits per heavy atom. The smallest absolute Gasteiger partial charge is 0.152 e. The van der Waals surface area contributed by atoms with E-state index in [1.54, 1.807) is 7.11 Å². The maximum absolute atomic E-state index is 9.70. The molecule has 0 unspecified atom stereocenters. The largest absolute Gasteiger partial charge is 0.497 e. The number of rotatable bonds is 7. The van der Waals surface area contributed by atoms with Crippen molar-refractivity contribution in [2.24, 2.45) is 0 Å². The van der Waals surface area contributed by atoms with Crippen LogP contribution in [0.4, 0.5) is 17.3 Å². The highest BCUT2D eigenvalue weighted by Crippen LogP contribution is 2.23. The Labute approximate surface area is 183 Å². The lowest BCUT2D eigenvalue weighted by Gasteiger charge is -2.36. The predicted octanol–water partition coefficient (Wildman–Crippen LogP) is 1.43. The summed E-state index contributed by atoms with van der Waals surface area (Å²) in [4.78, 5) is 15.6. The minimum absolute atomic E-state index is 0.508. The van der Waals surface area contributed by atoms with Gasteiger partial charge in [-0.05, 0) is 24.3 Å². The number of methoxy groups -OCH3 is 1. The molecular formula is C22H29N7O2. The molecule has 0 amide bonds. The van der Waals surface area contributed by atoms with Crippen LogP contribution in [0.2, 0.25) is 0 Å². The standard InChI is InChI=1S/C22H29N7O2/c1-30-19-4-2-18(3-5-19)28-10-8-27(9-11-28)7-6-24-21-20(16-23)22(26-17-25-21)29-12-14-31-15-13-29/h2-5,17H,6-15H2,1H3,(H,24,25,26). The summed E-state index contributed by atoms with van der Waals surface area (Å²) in [6.07, 6.45) is 1.53. The number of ether oxygens (including phenoxy) is 2. The molecule has 164 valence electrons. The van der Waals surface area contributed by atoms with Crippen LogP contribution in [0, 0.1) is 11.3 Å². The van der Waals surface area contributed by atoms with Gasteiger partial charge in [-0.3, -0.25) is 4.90 Å². The van der Waals surface area contributed by atoms with E-state index in [1.807, 2.05) is 12.1 Å². The number of nitriles is 1. The van der Waals surface area contributed by atoms with Crippen molar-refractivity contribution in [1.82, 2.24) is 14.9 Å². The van der Waals surface area contributed by atoms with Crippen LogP contribution in [0.5, 0.6) is 5.75 Å². The summed E-state index contributed by atoms with van der Waals surface area (Å²) in [6.45, 7) is 8.40. The lowest BCUT2D eigenvalue weighted by atomic mass is 10.2. The summed E-state index contributed by atoms with van der Waals surface area (Å²) in [5.41, 5.74) is 1.74. The average Bonchev–Trinajstić information content (AvgIpc) is 2.85. The highest BCUT2D eigenvalue weighted by molar-refractivity contribution is 5.65. The number of hydrogen-bond donors (Lipinski definition) is 1. The summed E-state index contributed by atoms with van der Waals surface area (Å²) in [6, 6.07) is 10.5. The van der Waals surface area contributed by atoms with Crippen molar-refractivity contribution >= 4 is 17.3 Å². The summed E-state index contributed by atoms with van der Waals surface area (Å²) in [5, 5.41) is 13.0. The van der Waals surface area contributed by atoms with Crippen LogP contribution in [-0.4, -0.2) is 87.5 Å². The zero-order chi connectivity index (χ0) is 21.5. The van der Waals surface area contributed by atoms with E-state index >= 15 is 0 Å². The summed E-state index contributed by atoms with van der Waals surface area (Å²) in [5.74, 6) is 2.18. The van der Waals surface area contributed by atoms with Gasteiger partial charge in [-0.2, -0.15) is 5.26 Å². The fourth-order valence-corrected chi connectivity index (χ4v) is 3.98. The molecule has 9 heteroatoms. The zero-order valence-electron chi connectivity index (χ0n) is 18.0. The molecule has 0 radical (unpaired) electrons. The molecule has 9 nitrogen and oxygen atoms in total. The Morgan fingerprint density at radius 1 is 1.03 bits per heavy atom. The Morgan fingerprint density at radius 2 is 1.77 bits per heavy atom. The zero-order valence-corrected chi connectivity index (χ0v) is 18.0. The molecule has 1 N–H and O–H groups in total. The number of hydrogen-bond acceptors (Lipinski definition) is 9. The third-order valence-electron chi connectivity index (χ3n) is 5.78. The van der Waals surface area contributed by atoms with E-state index < -0.39 is 0 Å². The van der Waals surface area contributed by atoms with Gasteiger partial charge in [0.2, 0.25) is 0 Å². The van der Waals surface area contributed by atoms with Crippen LogP contribution in [0.1, 0.15) is 5.56 Å². The molecule has 2 aromatic rings. The highest BCUT2D eigenvalue weighted by Gasteiger charge is 2.20. The molecule has 0 atom stereocenters. The van der Waals surface area contributed by atoms with Crippen LogP contribution in [0.15, 0.2) is 30.6 Å². The van der Waals surface area contributed by atoms with Gasteiger partial charge in [-0.1, -0.05) is 0 Å². The van der Waals surface area contributed by atoms with Gasteiger partial charge in [0.15, 0.2) is 5.82 Å². The van der Waals surface area contributed by atoms with Gasteiger partial charge < -0.3 is 24.6 Å². The van der Waals surface area contributed by atoms with Crippen molar-refractivity contribution in [2.45, 2.75) is 0 Å². The van der Waals surface area contributed by atoms with Gasteiger partial charge in [0.25, 0.3) is 0 Å². The maximum atomic E-state index is 9.70. The van der Waals surface area contributed by atoms with Crippen LogP contribution in [0.25, 0.3) is 0 Å². The van der Waals surface area contributed by atoms with E-state index in [4.69, 9.17) is 9.47 Å². The molecule has 2 aliphatic rings. The third-order valence-corrected chi connectivity index (χ3v) is 5.78. The van der Waals surface area contributed by atoms with Crippen molar-refractivity contribution in [1.29, 1.82) is 5.26 Å². The quantitative estimate of drug-likeness (QED) is 0.710. The molecule has 31 heavy (non-hydrogen) atoms. The lowest BCUT2D eigenvalue weighted by molar-refractivity contribution is 0.122. The molecular weight excluding hydrogens is 394 g/mol. The Kier molecular flexibility index (Phi) is 7.02. The van der Waals surface area contributed by atoms with Gasteiger partial charge in [0.05, 0.1) is 20.3 Å². The lowest BCUT2D eigenvalue weighted by Crippen LogP contribution is -2.47. The van der Waals surface area contributed by atoms with Crippen molar-refractivity contribution in [3.05, 3.63) is 36.2 Å². The van der Waals surface area contributed by atoms with Crippen molar-refractivity contribution in [3.63, 3.8) is 0 Å². The first-order chi connectivity index (χ1) is 15.3. The minimum Gasteiger partial charge on any atom is -0.497 e. The molecule has 2 fully saturated rings. The third kappa shape index (κ3) is 5.16. The van der Waals surface area contributed by atoms with Gasteiger partial charge in [-0.15, -0.1) is 0 Å². The van der Waals surface area contributed by atoms with E-state index in [9.17, 15) is 5.26 Å². The summed E-state index contributed by atoms with van der Waals surface area (Å²) in [7, 11) is 1.69. The predicted molar refractivity (Wildman–Crippen MR) is 120 cm³/mol. The fourth-order valence-electron chi connectivity index (χ4n) is 3.98. The molecule has 1 aromatic carbocycles. The number of nitrogens with zero attached hydrogens (tertiary/aromatic N) is 6. The van der Waals surface area contributed by atoms with Gasteiger partial charge in [0, 0.05) is 58.0 Å². The van der Waals surface area contributed by atoms with E-state index in [0.29, 0.717) is 30.4 Å². The molecule has 0 spiro atoms. The summed E-state index contributed by atoms with van der Waals surface area (Å²) < 4.78 is 10.6. The second-order valence-corrected chi connectivity index (χ2v) is 7.59. The number of piperazine rings is 1. The summed E-state index contributed by atoms with van der Waals surface area (Å²) >= 11 is 0. The van der Waals surface area contributed by atoms with Crippen LogP contribution >= 0.6 is 0 Å². The Bertz CT molecular complexity index is 886. The molecule has 1 aromatic heterocycles. The van der Waals surface area contributed by atoms with E-state index in [-0.39, 0.29) is 0 Å². The first-order valence-corrected chi connectivity index (χ1v) is 10.7. The number of aromatic nitrogens is 2. The van der Waals surface area contributed by atoms with Crippen LogP contribution < -0.4 is 19.9 Å². The van der Waals surface area contributed by atoms with E-state index in [0.717, 1.165) is 58.1 Å². The van der Waals surface area contributed by atoms with Gasteiger partial charge >= 0.3 is 0 Å². The number of morpholine rings is 1. The van der Waals surface area contributed by atoms with Crippen molar-refractivity contribution < 1.29 is 9.47 Å². The number of nitrogens with one attached hydrogen (secondary N) is 1. The molecule has 3 heterocycles.